The highest BCUT2D eigenvalue weighted by molar-refractivity contribution is 5.68. The van der Waals surface area contributed by atoms with Gasteiger partial charge in [0.1, 0.15) is 0 Å². The van der Waals surface area contributed by atoms with Gasteiger partial charge in [-0.1, -0.05) is 42.5 Å². The zero-order chi connectivity index (χ0) is 12.8. The summed E-state index contributed by atoms with van der Waals surface area (Å²) in [6, 6.07) is 16.2. The first-order valence-electron chi connectivity index (χ1n) is 6.24. The molecule has 0 atom stereocenters. The van der Waals surface area contributed by atoms with Crippen molar-refractivity contribution in [1.29, 1.82) is 0 Å². The molecule has 0 fully saturated rings. The van der Waals surface area contributed by atoms with E-state index in [9.17, 15) is 5.11 Å². The van der Waals surface area contributed by atoms with Crippen molar-refractivity contribution >= 4 is 0 Å². The molecule has 2 aromatic carbocycles. The molecule has 0 aromatic heterocycles. The quantitative estimate of drug-likeness (QED) is 0.846. The number of aliphatic hydroxyl groups is 2. The first-order chi connectivity index (χ1) is 8.85. The topological polar surface area (TPSA) is 40.5 Å². The Bertz CT molecular complexity index is 506. The maximum atomic E-state index is 9.19. The van der Waals surface area contributed by atoms with Crippen molar-refractivity contribution in [3.63, 3.8) is 0 Å². The summed E-state index contributed by atoms with van der Waals surface area (Å²) in [7, 11) is 0. The van der Waals surface area contributed by atoms with E-state index in [-0.39, 0.29) is 13.2 Å². The molecule has 0 saturated carbocycles. The standard InChI is InChI=1S/C16H18O2/c17-10-4-8-14-6-1-2-9-16(14)15-7-3-5-13(11-15)12-18/h1-3,5-7,9,11,17-18H,4,8,10,12H2. The second-order valence-corrected chi connectivity index (χ2v) is 4.34. The molecule has 0 spiro atoms. The molecule has 0 unspecified atom stereocenters. The molecule has 0 heterocycles. The summed E-state index contributed by atoms with van der Waals surface area (Å²) in [6.07, 6.45) is 1.65. The highest BCUT2D eigenvalue weighted by Crippen LogP contribution is 2.25. The lowest BCUT2D eigenvalue weighted by Gasteiger charge is -2.10. The van der Waals surface area contributed by atoms with Crippen LogP contribution < -0.4 is 0 Å². The van der Waals surface area contributed by atoms with Crippen LogP contribution in [0.3, 0.4) is 0 Å². The Labute approximate surface area is 108 Å². The van der Waals surface area contributed by atoms with Crippen LogP contribution >= 0.6 is 0 Å². The Morgan fingerprint density at radius 1 is 0.889 bits per heavy atom. The van der Waals surface area contributed by atoms with Gasteiger partial charge in [0.25, 0.3) is 0 Å². The normalized spacial score (nSPS) is 10.6. The van der Waals surface area contributed by atoms with Crippen molar-refractivity contribution in [2.24, 2.45) is 0 Å². The molecule has 94 valence electrons. The van der Waals surface area contributed by atoms with Crippen LogP contribution in [0, 0.1) is 0 Å². The second-order valence-electron chi connectivity index (χ2n) is 4.34. The van der Waals surface area contributed by atoms with E-state index < -0.39 is 0 Å². The third-order valence-electron chi connectivity index (χ3n) is 3.04. The van der Waals surface area contributed by atoms with Crippen LogP contribution in [0.25, 0.3) is 11.1 Å². The zero-order valence-electron chi connectivity index (χ0n) is 10.3. The van der Waals surface area contributed by atoms with Crippen LogP contribution in [0.4, 0.5) is 0 Å². The minimum Gasteiger partial charge on any atom is -0.396 e. The van der Waals surface area contributed by atoms with Gasteiger partial charge in [-0.15, -0.1) is 0 Å². The van der Waals surface area contributed by atoms with Crippen molar-refractivity contribution in [3.05, 3.63) is 59.7 Å². The molecule has 2 rings (SSSR count). The van der Waals surface area contributed by atoms with Crippen LogP contribution in [-0.2, 0) is 13.0 Å². The summed E-state index contributed by atoms with van der Waals surface area (Å²) in [5.74, 6) is 0. The Kier molecular flexibility index (Phi) is 4.51. The second kappa shape index (κ2) is 6.34. The van der Waals surface area contributed by atoms with Gasteiger partial charge >= 0.3 is 0 Å². The van der Waals surface area contributed by atoms with Gasteiger partial charge in [-0.05, 0) is 41.2 Å². The summed E-state index contributed by atoms with van der Waals surface area (Å²) >= 11 is 0. The van der Waals surface area contributed by atoms with Gasteiger partial charge in [0.15, 0.2) is 0 Å². The monoisotopic (exact) mass is 242 g/mol. The van der Waals surface area contributed by atoms with E-state index in [0.29, 0.717) is 0 Å². The summed E-state index contributed by atoms with van der Waals surface area (Å²) < 4.78 is 0. The largest absolute Gasteiger partial charge is 0.396 e. The first kappa shape index (κ1) is 12.8. The molecule has 0 radical (unpaired) electrons. The van der Waals surface area contributed by atoms with Crippen LogP contribution in [0.15, 0.2) is 48.5 Å². The van der Waals surface area contributed by atoms with Crippen molar-refractivity contribution in [2.45, 2.75) is 19.4 Å². The molecular weight excluding hydrogens is 224 g/mol. The Balaban J connectivity index is 2.36. The number of hydrogen-bond acceptors (Lipinski definition) is 2. The van der Waals surface area contributed by atoms with E-state index in [0.717, 1.165) is 24.0 Å². The predicted octanol–water partition coefficient (Wildman–Crippen LogP) is 2.77. The Hall–Kier alpha value is -1.64. The third-order valence-corrected chi connectivity index (χ3v) is 3.04. The molecule has 18 heavy (non-hydrogen) atoms. The highest BCUT2D eigenvalue weighted by Gasteiger charge is 2.04. The van der Waals surface area contributed by atoms with Crippen LogP contribution in [0.2, 0.25) is 0 Å². The molecule has 0 bridgehead atoms. The molecule has 2 N–H and O–H groups in total. The molecule has 0 aliphatic rings. The zero-order valence-corrected chi connectivity index (χ0v) is 10.3. The minimum absolute atomic E-state index is 0.0621. The summed E-state index contributed by atoms with van der Waals surface area (Å²) in [5, 5.41) is 18.1. The van der Waals surface area contributed by atoms with Crippen LogP contribution in [0.1, 0.15) is 17.5 Å². The van der Waals surface area contributed by atoms with E-state index in [2.05, 4.69) is 18.2 Å². The van der Waals surface area contributed by atoms with Gasteiger partial charge in [-0.25, -0.2) is 0 Å². The SMILES string of the molecule is OCCCc1ccccc1-c1cccc(CO)c1. The van der Waals surface area contributed by atoms with E-state index in [1.807, 2.05) is 30.3 Å². The van der Waals surface area contributed by atoms with Gasteiger partial charge in [-0.3, -0.25) is 0 Å². The predicted molar refractivity (Wildman–Crippen MR) is 73.2 cm³/mol. The fraction of sp³-hybridized carbons (Fsp3) is 0.250. The van der Waals surface area contributed by atoms with Gasteiger partial charge < -0.3 is 10.2 Å². The van der Waals surface area contributed by atoms with Crippen molar-refractivity contribution in [3.8, 4) is 11.1 Å². The fourth-order valence-corrected chi connectivity index (χ4v) is 2.13. The van der Waals surface area contributed by atoms with Crippen molar-refractivity contribution < 1.29 is 10.2 Å². The smallest absolute Gasteiger partial charge is 0.0682 e. The third kappa shape index (κ3) is 2.97. The highest BCUT2D eigenvalue weighted by atomic mass is 16.3. The average Bonchev–Trinajstić information content (AvgIpc) is 2.45. The molecule has 0 aliphatic carbocycles. The Morgan fingerprint density at radius 3 is 2.50 bits per heavy atom. The van der Waals surface area contributed by atoms with E-state index >= 15 is 0 Å². The molecule has 2 aromatic rings. The number of rotatable bonds is 5. The molecular formula is C16H18O2. The number of aryl methyl sites for hydroxylation is 1. The number of hydrogen-bond donors (Lipinski definition) is 2. The van der Waals surface area contributed by atoms with Gasteiger partial charge in [0.2, 0.25) is 0 Å². The van der Waals surface area contributed by atoms with E-state index in [4.69, 9.17) is 5.11 Å². The van der Waals surface area contributed by atoms with Crippen LogP contribution in [-0.4, -0.2) is 16.8 Å². The number of aliphatic hydroxyl groups excluding tert-OH is 2. The number of benzene rings is 2. The van der Waals surface area contributed by atoms with Gasteiger partial charge in [-0.2, -0.15) is 0 Å². The Morgan fingerprint density at radius 2 is 1.72 bits per heavy atom. The summed E-state index contributed by atoms with van der Waals surface area (Å²) in [4.78, 5) is 0. The van der Waals surface area contributed by atoms with E-state index in [1.54, 1.807) is 0 Å². The lowest BCUT2D eigenvalue weighted by molar-refractivity contribution is 0.282. The lowest BCUT2D eigenvalue weighted by Crippen LogP contribution is -1.93. The lowest BCUT2D eigenvalue weighted by atomic mass is 9.96. The van der Waals surface area contributed by atoms with Gasteiger partial charge in [0, 0.05) is 6.61 Å². The van der Waals surface area contributed by atoms with Crippen molar-refractivity contribution in [2.75, 3.05) is 6.61 Å². The summed E-state index contributed by atoms with van der Waals surface area (Å²) in [5.41, 5.74) is 4.46. The fourth-order valence-electron chi connectivity index (χ4n) is 2.13. The van der Waals surface area contributed by atoms with Crippen molar-refractivity contribution in [1.82, 2.24) is 0 Å². The average molecular weight is 242 g/mol. The molecule has 0 amide bonds. The molecule has 2 heteroatoms. The maximum absolute atomic E-state index is 9.19. The summed E-state index contributed by atoms with van der Waals surface area (Å²) in [6.45, 7) is 0.275. The minimum atomic E-state index is 0.0621. The van der Waals surface area contributed by atoms with Gasteiger partial charge in [0.05, 0.1) is 6.61 Å². The van der Waals surface area contributed by atoms with E-state index in [1.165, 1.54) is 11.1 Å². The van der Waals surface area contributed by atoms with Crippen LogP contribution in [0.5, 0.6) is 0 Å². The first-order valence-corrected chi connectivity index (χ1v) is 6.24. The molecule has 0 aliphatic heterocycles. The molecule has 2 nitrogen and oxygen atoms in total. The maximum Gasteiger partial charge on any atom is 0.0682 e. The molecule has 0 saturated heterocycles.